The second kappa shape index (κ2) is 11.2. The number of ether oxygens (including phenoxy) is 1. The molecule has 0 saturated carbocycles. The van der Waals surface area contributed by atoms with E-state index in [-0.39, 0.29) is 12.5 Å². The zero-order chi connectivity index (χ0) is 13.8. The molecule has 0 aromatic rings. The molecule has 112 valence electrons. The van der Waals surface area contributed by atoms with Crippen LogP contribution in [0.25, 0.3) is 0 Å². The quantitative estimate of drug-likeness (QED) is 0.572. The van der Waals surface area contributed by atoms with Gasteiger partial charge in [0, 0.05) is 39.3 Å². The van der Waals surface area contributed by atoms with E-state index in [4.69, 9.17) is 4.74 Å². The van der Waals surface area contributed by atoms with Crippen molar-refractivity contribution in [2.75, 3.05) is 52.5 Å². The summed E-state index contributed by atoms with van der Waals surface area (Å²) in [5.74, 6) is 0.0109. The Bertz CT molecular complexity index is 231. The van der Waals surface area contributed by atoms with Gasteiger partial charge >= 0.3 is 0 Å². The van der Waals surface area contributed by atoms with Crippen LogP contribution >= 0.6 is 0 Å². The highest BCUT2D eigenvalue weighted by atomic mass is 16.5. The molecule has 0 bridgehead atoms. The fourth-order valence-corrected chi connectivity index (χ4v) is 2.14. The lowest BCUT2D eigenvalue weighted by atomic mass is 10.3. The lowest BCUT2D eigenvalue weighted by Crippen LogP contribution is -2.44. The highest BCUT2D eigenvalue weighted by molar-refractivity contribution is 5.77. The van der Waals surface area contributed by atoms with Crippen LogP contribution in [-0.2, 0) is 9.53 Å². The number of hydrogen-bond donors (Lipinski definition) is 2. The van der Waals surface area contributed by atoms with Crippen molar-refractivity contribution in [1.82, 2.24) is 15.5 Å². The van der Waals surface area contributed by atoms with Gasteiger partial charge in [0.15, 0.2) is 0 Å². The van der Waals surface area contributed by atoms with Gasteiger partial charge in [-0.3, -0.25) is 4.79 Å². The molecule has 1 saturated heterocycles. The molecule has 0 radical (unpaired) electrons. The first-order valence-electron chi connectivity index (χ1n) is 7.60. The maximum atomic E-state index is 11.5. The van der Waals surface area contributed by atoms with Crippen LogP contribution in [0.3, 0.4) is 0 Å². The van der Waals surface area contributed by atoms with Gasteiger partial charge in [-0.25, -0.2) is 0 Å². The molecule has 5 heteroatoms. The van der Waals surface area contributed by atoms with E-state index in [9.17, 15) is 4.79 Å². The Kier molecular flexibility index (Phi) is 9.67. The Hall–Kier alpha value is -0.650. The number of carbonyl (C=O) groups excluding carboxylic acids is 1. The average Bonchev–Trinajstić information content (AvgIpc) is 2.44. The van der Waals surface area contributed by atoms with Crippen molar-refractivity contribution in [3.05, 3.63) is 0 Å². The first-order chi connectivity index (χ1) is 9.33. The van der Waals surface area contributed by atoms with Crippen LogP contribution in [0.4, 0.5) is 0 Å². The van der Waals surface area contributed by atoms with Crippen LogP contribution in [0, 0.1) is 0 Å². The molecule has 1 fully saturated rings. The third kappa shape index (κ3) is 8.97. The number of nitrogens with one attached hydrogen (secondary N) is 2. The lowest BCUT2D eigenvalue weighted by Gasteiger charge is -2.27. The first kappa shape index (κ1) is 16.4. The van der Waals surface area contributed by atoms with Crippen molar-refractivity contribution in [1.29, 1.82) is 0 Å². The Morgan fingerprint density at radius 3 is 2.79 bits per heavy atom. The largest absolute Gasteiger partial charge is 0.372 e. The third-order valence-electron chi connectivity index (χ3n) is 3.31. The summed E-state index contributed by atoms with van der Waals surface area (Å²) in [4.78, 5) is 13.9. The fraction of sp³-hybridized carbons (Fsp3) is 0.929. The van der Waals surface area contributed by atoms with E-state index in [2.05, 4.69) is 22.5 Å². The number of amides is 1. The smallest absolute Gasteiger partial charge is 0.245 e. The number of carbonyl (C=O) groups is 1. The molecule has 1 heterocycles. The SMILES string of the molecule is CCCCCOCC(=O)NCCCN1CCNCC1. The Balaban J connectivity index is 1.86. The minimum absolute atomic E-state index is 0.0109. The third-order valence-corrected chi connectivity index (χ3v) is 3.31. The van der Waals surface area contributed by atoms with Gasteiger partial charge in [-0.1, -0.05) is 19.8 Å². The standard InChI is InChI=1S/C14H29N3O2/c1-2-3-4-12-19-13-14(18)16-6-5-9-17-10-7-15-8-11-17/h15H,2-13H2,1H3,(H,16,18). The van der Waals surface area contributed by atoms with Crippen molar-refractivity contribution >= 4 is 5.91 Å². The van der Waals surface area contributed by atoms with Crippen LogP contribution in [-0.4, -0.2) is 63.3 Å². The summed E-state index contributed by atoms with van der Waals surface area (Å²) < 4.78 is 5.31. The number of hydrogen-bond acceptors (Lipinski definition) is 4. The molecule has 2 N–H and O–H groups in total. The van der Waals surface area contributed by atoms with Crippen molar-refractivity contribution in [3.8, 4) is 0 Å². The molecule has 19 heavy (non-hydrogen) atoms. The van der Waals surface area contributed by atoms with Crippen LogP contribution in [0.1, 0.15) is 32.6 Å². The van der Waals surface area contributed by atoms with E-state index in [1.165, 1.54) is 12.8 Å². The molecular weight excluding hydrogens is 242 g/mol. The zero-order valence-electron chi connectivity index (χ0n) is 12.2. The monoisotopic (exact) mass is 271 g/mol. The number of rotatable bonds is 10. The van der Waals surface area contributed by atoms with Gasteiger partial charge in [0.1, 0.15) is 6.61 Å². The molecule has 0 aromatic carbocycles. The molecule has 5 nitrogen and oxygen atoms in total. The minimum Gasteiger partial charge on any atom is -0.372 e. The van der Waals surface area contributed by atoms with Gasteiger partial charge in [-0.15, -0.1) is 0 Å². The minimum atomic E-state index is 0.0109. The summed E-state index contributed by atoms with van der Waals surface area (Å²) in [6.07, 6.45) is 4.42. The number of piperazine rings is 1. The van der Waals surface area contributed by atoms with Gasteiger partial charge in [0.2, 0.25) is 5.91 Å². The predicted molar refractivity (Wildman–Crippen MR) is 77.3 cm³/mol. The molecule has 1 aliphatic heterocycles. The summed E-state index contributed by atoms with van der Waals surface area (Å²) in [5, 5.41) is 6.24. The average molecular weight is 271 g/mol. The predicted octanol–water partition coefficient (Wildman–Crippen LogP) is 0.605. The van der Waals surface area contributed by atoms with Gasteiger partial charge < -0.3 is 20.3 Å². The second-order valence-electron chi connectivity index (χ2n) is 5.05. The summed E-state index contributed by atoms with van der Waals surface area (Å²) in [6.45, 7) is 9.28. The van der Waals surface area contributed by atoms with E-state index >= 15 is 0 Å². The van der Waals surface area contributed by atoms with Crippen LogP contribution < -0.4 is 10.6 Å². The zero-order valence-corrected chi connectivity index (χ0v) is 12.2. The lowest BCUT2D eigenvalue weighted by molar-refractivity contribution is -0.125. The number of nitrogens with zero attached hydrogens (tertiary/aromatic N) is 1. The van der Waals surface area contributed by atoms with E-state index in [0.29, 0.717) is 6.61 Å². The Morgan fingerprint density at radius 1 is 1.26 bits per heavy atom. The molecule has 1 rings (SSSR count). The van der Waals surface area contributed by atoms with Crippen molar-refractivity contribution in [2.24, 2.45) is 0 Å². The van der Waals surface area contributed by atoms with Crippen molar-refractivity contribution < 1.29 is 9.53 Å². The summed E-state index contributed by atoms with van der Waals surface area (Å²) in [6, 6.07) is 0. The van der Waals surface area contributed by atoms with E-state index in [1.54, 1.807) is 0 Å². The van der Waals surface area contributed by atoms with E-state index in [1.807, 2.05) is 0 Å². The fourth-order valence-electron chi connectivity index (χ4n) is 2.14. The Morgan fingerprint density at radius 2 is 2.05 bits per heavy atom. The van der Waals surface area contributed by atoms with E-state index < -0.39 is 0 Å². The molecule has 0 aromatic heterocycles. The topological polar surface area (TPSA) is 53.6 Å². The van der Waals surface area contributed by atoms with Crippen LogP contribution in [0.2, 0.25) is 0 Å². The highest BCUT2D eigenvalue weighted by Gasteiger charge is 2.08. The summed E-state index contributed by atoms with van der Waals surface area (Å²) in [5.41, 5.74) is 0. The van der Waals surface area contributed by atoms with Gasteiger partial charge in [-0.2, -0.15) is 0 Å². The molecule has 1 amide bonds. The second-order valence-corrected chi connectivity index (χ2v) is 5.05. The molecule has 0 unspecified atom stereocenters. The van der Waals surface area contributed by atoms with Gasteiger partial charge in [0.05, 0.1) is 0 Å². The van der Waals surface area contributed by atoms with Crippen LogP contribution in [0.15, 0.2) is 0 Å². The molecular formula is C14H29N3O2. The van der Waals surface area contributed by atoms with E-state index in [0.717, 1.165) is 52.1 Å². The van der Waals surface area contributed by atoms with Crippen molar-refractivity contribution in [3.63, 3.8) is 0 Å². The normalized spacial score (nSPS) is 16.5. The van der Waals surface area contributed by atoms with Gasteiger partial charge in [-0.05, 0) is 19.4 Å². The maximum absolute atomic E-state index is 11.5. The molecule has 0 spiro atoms. The number of unbranched alkanes of at least 4 members (excludes halogenated alkanes) is 2. The van der Waals surface area contributed by atoms with Gasteiger partial charge in [0.25, 0.3) is 0 Å². The maximum Gasteiger partial charge on any atom is 0.245 e. The van der Waals surface area contributed by atoms with Crippen molar-refractivity contribution in [2.45, 2.75) is 32.6 Å². The molecule has 0 aliphatic carbocycles. The molecule has 0 atom stereocenters. The first-order valence-corrected chi connectivity index (χ1v) is 7.60. The van der Waals surface area contributed by atoms with Crippen LogP contribution in [0.5, 0.6) is 0 Å². The molecule has 1 aliphatic rings. The summed E-state index contributed by atoms with van der Waals surface area (Å²) in [7, 11) is 0. The Labute approximate surface area is 117 Å². The summed E-state index contributed by atoms with van der Waals surface area (Å²) >= 11 is 0. The highest BCUT2D eigenvalue weighted by Crippen LogP contribution is 1.94.